The molecule has 6 nitrogen and oxygen atoms in total. The van der Waals surface area contributed by atoms with Crippen molar-refractivity contribution >= 4 is 0 Å². The number of hydrogen-bond acceptors (Lipinski definition) is 6. The maximum Gasteiger partial charge on any atom is 0.138 e. The van der Waals surface area contributed by atoms with Gasteiger partial charge in [0.1, 0.15) is 24.2 Å². The topological polar surface area (TPSA) is 62.0 Å². The number of hydrogen-bond donors (Lipinski definition) is 1. The first kappa shape index (κ1) is 18.9. The van der Waals surface area contributed by atoms with Crippen LogP contribution >= 0.6 is 0 Å². The number of aromatic nitrogens is 1. The van der Waals surface area contributed by atoms with Gasteiger partial charge in [-0.1, -0.05) is 22.9 Å². The Balaban J connectivity index is 1.38. The van der Waals surface area contributed by atoms with Crippen LogP contribution < -0.4 is 4.74 Å². The van der Waals surface area contributed by atoms with Gasteiger partial charge in [-0.3, -0.25) is 9.80 Å². The average molecular weight is 359 g/mol. The molecule has 0 amide bonds. The number of β-amino-alcohol motifs (C(OH)–C–C–N with tert-alkyl or cyclic N) is 1. The molecule has 1 fully saturated rings. The van der Waals surface area contributed by atoms with Crippen LogP contribution in [0.5, 0.6) is 5.75 Å². The number of nitrogens with zero attached hydrogens (tertiary/aromatic N) is 3. The lowest BCUT2D eigenvalue weighted by atomic mass is 10.1. The summed E-state index contributed by atoms with van der Waals surface area (Å²) in [4.78, 5) is 4.71. The Hall–Kier alpha value is -1.89. The van der Waals surface area contributed by atoms with Crippen molar-refractivity contribution < 1.29 is 14.4 Å². The molecule has 2 heterocycles. The number of piperazine rings is 1. The Morgan fingerprint density at radius 1 is 1.08 bits per heavy atom. The standard InChI is InChI=1S/C20H29N3O3/c1-15-4-6-19(7-5-15)25-14-18(24)12-22-8-10-23(11-9-22)13-20-16(2)21-26-17(20)3/h4-7,18,24H,8-14H2,1-3H3. The Bertz CT molecular complexity index is 671. The number of aliphatic hydroxyl groups excluding tert-OH is 1. The van der Waals surface area contributed by atoms with E-state index in [2.05, 4.69) is 15.0 Å². The number of rotatable bonds is 7. The Kier molecular flexibility index (Phi) is 6.29. The van der Waals surface area contributed by atoms with Crippen LogP contribution in [0.3, 0.4) is 0 Å². The molecule has 26 heavy (non-hydrogen) atoms. The summed E-state index contributed by atoms with van der Waals surface area (Å²) >= 11 is 0. The van der Waals surface area contributed by atoms with Crippen molar-refractivity contribution in [3.05, 3.63) is 46.8 Å². The van der Waals surface area contributed by atoms with E-state index in [9.17, 15) is 5.11 Å². The third kappa shape index (κ3) is 5.06. The molecule has 1 aromatic heterocycles. The normalized spacial score (nSPS) is 17.4. The maximum absolute atomic E-state index is 10.3. The van der Waals surface area contributed by atoms with Gasteiger partial charge in [0.05, 0.1) is 5.69 Å². The van der Waals surface area contributed by atoms with Crippen LogP contribution in [0.15, 0.2) is 28.8 Å². The molecule has 0 saturated carbocycles. The monoisotopic (exact) mass is 359 g/mol. The van der Waals surface area contributed by atoms with Gasteiger partial charge in [0.15, 0.2) is 0 Å². The van der Waals surface area contributed by atoms with Crippen molar-refractivity contribution in [1.82, 2.24) is 15.0 Å². The Labute approximate surface area is 155 Å². The third-order valence-electron chi connectivity index (χ3n) is 4.96. The zero-order valence-corrected chi connectivity index (χ0v) is 15.9. The highest BCUT2D eigenvalue weighted by Gasteiger charge is 2.21. The van der Waals surface area contributed by atoms with E-state index in [1.165, 1.54) is 11.1 Å². The summed E-state index contributed by atoms with van der Waals surface area (Å²) in [6.45, 7) is 11.7. The summed E-state index contributed by atoms with van der Waals surface area (Å²) in [5.41, 5.74) is 3.38. The fourth-order valence-electron chi connectivity index (χ4n) is 3.26. The van der Waals surface area contributed by atoms with Crippen LogP contribution in [0, 0.1) is 20.8 Å². The Morgan fingerprint density at radius 3 is 2.35 bits per heavy atom. The zero-order valence-electron chi connectivity index (χ0n) is 15.9. The van der Waals surface area contributed by atoms with Gasteiger partial charge >= 0.3 is 0 Å². The molecule has 3 rings (SSSR count). The summed E-state index contributed by atoms with van der Waals surface area (Å²) in [7, 11) is 0. The van der Waals surface area contributed by atoms with Crippen LogP contribution in [-0.4, -0.2) is 65.5 Å². The summed E-state index contributed by atoms with van der Waals surface area (Å²) in [6, 6.07) is 7.91. The number of benzene rings is 1. The smallest absolute Gasteiger partial charge is 0.138 e. The predicted octanol–water partition coefficient (Wildman–Crippen LogP) is 2.16. The average Bonchev–Trinajstić information content (AvgIpc) is 2.95. The minimum atomic E-state index is -0.481. The quantitative estimate of drug-likeness (QED) is 0.817. The van der Waals surface area contributed by atoms with E-state index in [1.807, 2.05) is 45.0 Å². The van der Waals surface area contributed by atoms with E-state index in [1.54, 1.807) is 0 Å². The second-order valence-corrected chi connectivity index (χ2v) is 7.16. The predicted molar refractivity (Wildman–Crippen MR) is 100 cm³/mol. The van der Waals surface area contributed by atoms with Gasteiger partial charge in [-0.25, -0.2) is 0 Å². The van der Waals surface area contributed by atoms with Crippen molar-refractivity contribution in [2.75, 3.05) is 39.3 Å². The molecule has 0 aliphatic carbocycles. The fraction of sp³-hybridized carbons (Fsp3) is 0.550. The van der Waals surface area contributed by atoms with Crippen LogP contribution in [-0.2, 0) is 6.54 Å². The molecule has 1 aromatic carbocycles. The van der Waals surface area contributed by atoms with Gasteiger partial charge in [-0.05, 0) is 32.9 Å². The van der Waals surface area contributed by atoms with Gasteiger partial charge < -0.3 is 14.4 Å². The van der Waals surface area contributed by atoms with E-state index in [0.29, 0.717) is 13.2 Å². The maximum atomic E-state index is 10.3. The first-order valence-electron chi connectivity index (χ1n) is 9.25. The molecule has 0 spiro atoms. The first-order valence-corrected chi connectivity index (χ1v) is 9.25. The molecule has 6 heteroatoms. The molecule has 1 aliphatic rings. The van der Waals surface area contributed by atoms with Crippen molar-refractivity contribution in [2.45, 2.75) is 33.4 Å². The number of aryl methyl sites for hydroxylation is 3. The van der Waals surface area contributed by atoms with Gasteiger partial charge in [0.2, 0.25) is 0 Å². The summed E-state index contributed by atoms with van der Waals surface area (Å²) in [5.74, 6) is 1.72. The van der Waals surface area contributed by atoms with Crippen LogP contribution in [0.2, 0.25) is 0 Å². The van der Waals surface area contributed by atoms with E-state index in [4.69, 9.17) is 9.26 Å². The molecule has 1 saturated heterocycles. The third-order valence-corrected chi connectivity index (χ3v) is 4.96. The first-order chi connectivity index (χ1) is 12.5. The van der Waals surface area contributed by atoms with E-state index in [-0.39, 0.29) is 0 Å². The number of ether oxygens (including phenoxy) is 1. The second-order valence-electron chi connectivity index (χ2n) is 7.16. The van der Waals surface area contributed by atoms with Gasteiger partial charge in [-0.15, -0.1) is 0 Å². The zero-order chi connectivity index (χ0) is 18.5. The van der Waals surface area contributed by atoms with Crippen molar-refractivity contribution in [1.29, 1.82) is 0 Å². The van der Waals surface area contributed by atoms with Crippen molar-refractivity contribution in [3.63, 3.8) is 0 Å². The molecule has 1 N–H and O–H groups in total. The minimum absolute atomic E-state index is 0.322. The van der Waals surface area contributed by atoms with Crippen LogP contribution in [0.25, 0.3) is 0 Å². The van der Waals surface area contributed by atoms with E-state index in [0.717, 1.165) is 49.9 Å². The van der Waals surface area contributed by atoms with Gasteiger partial charge in [-0.2, -0.15) is 0 Å². The summed E-state index contributed by atoms with van der Waals surface area (Å²) < 4.78 is 10.9. The molecular formula is C20H29N3O3. The number of aliphatic hydroxyl groups is 1. The van der Waals surface area contributed by atoms with Crippen LogP contribution in [0.1, 0.15) is 22.6 Å². The highest BCUT2D eigenvalue weighted by atomic mass is 16.5. The molecule has 2 aromatic rings. The lowest BCUT2D eigenvalue weighted by molar-refractivity contribution is 0.0445. The summed E-state index contributed by atoms with van der Waals surface area (Å²) in [5, 5.41) is 14.3. The lowest BCUT2D eigenvalue weighted by Gasteiger charge is -2.35. The van der Waals surface area contributed by atoms with Crippen LogP contribution in [0.4, 0.5) is 0 Å². The molecule has 142 valence electrons. The van der Waals surface area contributed by atoms with Gasteiger partial charge in [0.25, 0.3) is 0 Å². The van der Waals surface area contributed by atoms with Gasteiger partial charge in [0, 0.05) is 44.8 Å². The lowest BCUT2D eigenvalue weighted by Crippen LogP contribution is -2.48. The molecular weight excluding hydrogens is 330 g/mol. The van der Waals surface area contributed by atoms with E-state index < -0.39 is 6.10 Å². The fourth-order valence-corrected chi connectivity index (χ4v) is 3.26. The second kappa shape index (κ2) is 8.66. The van der Waals surface area contributed by atoms with E-state index >= 15 is 0 Å². The van der Waals surface area contributed by atoms with Crippen molar-refractivity contribution in [3.8, 4) is 5.75 Å². The highest BCUT2D eigenvalue weighted by molar-refractivity contribution is 5.26. The summed E-state index contributed by atoms with van der Waals surface area (Å²) in [6.07, 6.45) is -0.481. The molecule has 1 aliphatic heterocycles. The Morgan fingerprint density at radius 2 is 1.73 bits per heavy atom. The SMILES string of the molecule is Cc1ccc(OCC(O)CN2CCN(Cc3c(C)noc3C)CC2)cc1. The minimum Gasteiger partial charge on any atom is -0.491 e. The largest absolute Gasteiger partial charge is 0.491 e. The molecule has 1 unspecified atom stereocenters. The molecule has 0 radical (unpaired) electrons. The highest BCUT2D eigenvalue weighted by Crippen LogP contribution is 2.16. The molecule has 0 bridgehead atoms. The van der Waals surface area contributed by atoms with Crippen molar-refractivity contribution in [2.24, 2.45) is 0 Å². The molecule has 1 atom stereocenters.